The number of hydrogen-bond donors (Lipinski definition) is 1. The van der Waals surface area contributed by atoms with Crippen LogP contribution < -0.4 is 34.3 Å². The van der Waals surface area contributed by atoms with Crippen LogP contribution in [0.5, 0.6) is 5.75 Å². The standard InChI is InChI=1S/C26H28N4O3S.Na.H/c1-16(2)33-23-9-7-18(13-20(23)14-27)25-28-29-26(34-25)22-8-6-19-15-30(11-4-5-24(31)32)12-10-21(19)17(22)3;;/h6-9,13,16H,4-5,10-12,15H2,1-3H3,(H,31,32);;/q;+1;-1. The van der Waals surface area contributed by atoms with Crippen LogP contribution in [0.4, 0.5) is 0 Å². The summed E-state index contributed by atoms with van der Waals surface area (Å²) in [7, 11) is 0. The van der Waals surface area contributed by atoms with E-state index in [1.807, 2.05) is 26.0 Å². The molecule has 1 aliphatic heterocycles. The fraction of sp³-hybridized carbons (Fsp3) is 0.385. The van der Waals surface area contributed by atoms with Crippen molar-refractivity contribution >= 4 is 17.3 Å². The molecule has 3 aromatic rings. The second kappa shape index (κ2) is 12.1. The van der Waals surface area contributed by atoms with Gasteiger partial charge in [0.05, 0.1) is 11.7 Å². The molecule has 0 saturated heterocycles. The number of carboxylic acids is 1. The SMILES string of the molecule is Cc1c(-c2nnc(-c3ccc(OC(C)C)c(C#N)c3)s2)ccc2c1CCN(CCCC(=O)O)C2.[H-].[Na+]. The third-order valence-corrected chi connectivity index (χ3v) is 7.00. The van der Waals surface area contributed by atoms with Crippen molar-refractivity contribution in [2.75, 3.05) is 13.1 Å². The van der Waals surface area contributed by atoms with Gasteiger partial charge in [-0.15, -0.1) is 10.2 Å². The molecule has 0 bridgehead atoms. The summed E-state index contributed by atoms with van der Waals surface area (Å²) in [6, 6.07) is 12.0. The van der Waals surface area contributed by atoms with E-state index < -0.39 is 5.97 Å². The zero-order valence-electron chi connectivity index (χ0n) is 21.7. The Morgan fingerprint density at radius 1 is 1.29 bits per heavy atom. The van der Waals surface area contributed by atoms with Crippen molar-refractivity contribution in [3.8, 4) is 33.0 Å². The largest absolute Gasteiger partial charge is 1.00 e. The summed E-state index contributed by atoms with van der Waals surface area (Å²) in [4.78, 5) is 13.1. The maximum atomic E-state index is 10.8. The Balaban J connectivity index is 0.00000228. The van der Waals surface area contributed by atoms with Crippen molar-refractivity contribution in [1.29, 1.82) is 5.26 Å². The number of aromatic nitrogens is 2. The number of nitrogens with zero attached hydrogens (tertiary/aromatic N) is 4. The first kappa shape index (κ1) is 27.3. The number of aliphatic carboxylic acids is 1. The molecule has 1 N–H and O–H groups in total. The van der Waals surface area contributed by atoms with E-state index in [1.165, 1.54) is 28.0 Å². The molecule has 4 rings (SSSR count). The Hall–Kier alpha value is -2.28. The molecule has 178 valence electrons. The summed E-state index contributed by atoms with van der Waals surface area (Å²) in [5, 5.41) is 28.9. The van der Waals surface area contributed by atoms with Crippen molar-refractivity contribution in [3.63, 3.8) is 0 Å². The van der Waals surface area contributed by atoms with E-state index in [-0.39, 0.29) is 43.5 Å². The third-order valence-electron chi connectivity index (χ3n) is 6.00. The first-order valence-electron chi connectivity index (χ1n) is 11.5. The van der Waals surface area contributed by atoms with Crippen molar-refractivity contribution in [2.45, 2.75) is 52.7 Å². The fourth-order valence-corrected chi connectivity index (χ4v) is 5.25. The number of rotatable bonds is 8. The van der Waals surface area contributed by atoms with Crippen LogP contribution >= 0.6 is 11.3 Å². The number of ether oxygens (including phenoxy) is 1. The number of carbonyl (C=O) groups is 1. The molecular weight excluding hydrogens is 471 g/mol. The molecule has 0 saturated carbocycles. The van der Waals surface area contributed by atoms with Gasteiger partial charge in [0.25, 0.3) is 0 Å². The van der Waals surface area contributed by atoms with Gasteiger partial charge in [0, 0.05) is 30.6 Å². The maximum absolute atomic E-state index is 10.8. The van der Waals surface area contributed by atoms with Crippen LogP contribution in [-0.2, 0) is 17.8 Å². The summed E-state index contributed by atoms with van der Waals surface area (Å²) in [5.41, 5.74) is 6.30. The summed E-state index contributed by atoms with van der Waals surface area (Å²) < 4.78 is 5.73. The fourth-order valence-electron chi connectivity index (χ4n) is 4.33. The molecule has 0 radical (unpaired) electrons. The minimum absolute atomic E-state index is 0. The molecular formula is C26H29N4NaO3S. The smallest absolute Gasteiger partial charge is 1.00 e. The molecule has 9 heteroatoms. The second-order valence-corrected chi connectivity index (χ2v) is 9.78. The summed E-state index contributed by atoms with van der Waals surface area (Å²) >= 11 is 1.52. The van der Waals surface area contributed by atoms with Gasteiger partial charge in [0.15, 0.2) is 0 Å². The average Bonchev–Trinajstić information content (AvgIpc) is 3.29. The molecule has 0 aliphatic carbocycles. The summed E-state index contributed by atoms with van der Waals surface area (Å²) in [6.07, 6.45) is 1.82. The number of nitriles is 1. The second-order valence-electron chi connectivity index (χ2n) is 8.80. The van der Waals surface area contributed by atoms with Gasteiger partial charge in [-0.1, -0.05) is 23.5 Å². The maximum Gasteiger partial charge on any atom is 1.00 e. The van der Waals surface area contributed by atoms with Crippen LogP contribution in [0.3, 0.4) is 0 Å². The molecule has 1 aliphatic rings. The number of hydrogen-bond acceptors (Lipinski definition) is 7. The Kier molecular flexibility index (Phi) is 9.45. The number of benzene rings is 2. The van der Waals surface area contributed by atoms with Crippen LogP contribution in [0.1, 0.15) is 50.4 Å². The number of fused-ring (bicyclic) bond motifs is 1. The zero-order valence-corrected chi connectivity index (χ0v) is 23.5. The normalized spacial score (nSPS) is 13.1. The molecule has 0 unspecified atom stereocenters. The summed E-state index contributed by atoms with van der Waals surface area (Å²) in [5.74, 6) is -0.161. The third kappa shape index (κ3) is 6.49. The Labute approximate surface area is 233 Å². The molecule has 0 spiro atoms. The Bertz CT molecular complexity index is 1260. The molecule has 0 fully saturated rings. The van der Waals surface area contributed by atoms with Crippen molar-refractivity contribution in [3.05, 3.63) is 52.6 Å². The van der Waals surface area contributed by atoms with E-state index in [0.717, 1.165) is 47.2 Å². The minimum atomic E-state index is -0.738. The van der Waals surface area contributed by atoms with Gasteiger partial charge in [-0.3, -0.25) is 9.69 Å². The van der Waals surface area contributed by atoms with Crippen LogP contribution in [0.15, 0.2) is 30.3 Å². The van der Waals surface area contributed by atoms with Crippen molar-refractivity contribution in [2.24, 2.45) is 0 Å². The molecule has 0 amide bonds. The predicted molar refractivity (Wildman–Crippen MR) is 133 cm³/mol. The van der Waals surface area contributed by atoms with Crippen molar-refractivity contribution < 1.29 is 45.6 Å². The van der Waals surface area contributed by atoms with Gasteiger partial charge in [-0.25, -0.2) is 0 Å². The first-order chi connectivity index (χ1) is 16.4. The van der Waals surface area contributed by atoms with E-state index in [2.05, 4.69) is 40.2 Å². The van der Waals surface area contributed by atoms with E-state index in [1.54, 1.807) is 6.07 Å². The van der Waals surface area contributed by atoms with Crippen molar-refractivity contribution in [1.82, 2.24) is 15.1 Å². The van der Waals surface area contributed by atoms with Gasteiger partial charge in [0.2, 0.25) is 0 Å². The monoisotopic (exact) mass is 500 g/mol. The van der Waals surface area contributed by atoms with Gasteiger partial charge in [-0.05, 0) is 75.0 Å². The molecule has 0 atom stereocenters. The van der Waals surface area contributed by atoms with Gasteiger partial charge in [-0.2, -0.15) is 5.26 Å². The van der Waals surface area contributed by atoms with E-state index in [9.17, 15) is 10.1 Å². The molecule has 7 nitrogen and oxygen atoms in total. The summed E-state index contributed by atoms with van der Waals surface area (Å²) in [6.45, 7) is 8.59. The van der Waals surface area contributed by atoms with Crippen LogP contribution in [0, 0.1) is 18.3 Å². The first-order valence-corrected chi connectivity index (χ1v) is 12.3. The topological polar surface area (TPSA) is 99.3 Å². The van der Waals surface area contributed by atoms with E-state index in [4.69, 9.17) is 9.84 Å². The van der Waals surface area contributed by atoms with E-state index in [0.29, 0.717) is 17.7 Å². The molecule has 2 aromatic carbocycles. The average molecular weight is 501 g/mol. The van der Waals surface area contributed by atoms with E-state index >= 15 is 0 Å². The predicted octanol–water partition coefficient (Wildman–Crippen LogP) is 2.18. The van der Waals surface area contributed by atoms with Crippen LogP contribution in [-0.4, -0.2) is 45.4 Å². The molecule has 1 aromatic heterocycles. The Morgan fingerprint density at radius 3 is 2.77 bits per heavy atom. The zero-order chi connectivity index (χ0) is 24.2. The quantitative estimate of drug-likeness (QED) is 0.473. The van der Waals surface area contributed by atoms with Crippen LogP contribution in [0.2, 0.25) is 0 Å². The van der Waals surface area contributed by atoms with Crippen LogP contribution in [0.25, 0.3) is 21.1 Å². The molecule has 35 heavy (non-hydrogen) atoms. The van der Waals surface area contributed by atoms with Gasteiger partial charge >= 0.3 is 35.5 Å². The minimum Gasteiger partial charge on any atom is -1.00 e. The van der Waals surface area contributed by atoms with Gasteiger partial charge in [0.1, 0.15) is 21.8 Å². The number of carboxylic acid groups (broad SMARTS) is 1. The molecule has 2 heterocycles. The van der Waals surface area contributed by atoms with Gasteiger partial charge < -0.3 is 11.3 Å². The Morgan fingerprint density at radius 2 is 2.06 bits per heavy atom.